The molecule has 0 saturated heterocycles. The molecule has 1 rings (SSSR count). The van der Waals surface area contributed by atoms with Crippen molar-refractivity contribution in [2.24, 2.45) is 0 Å². The van der Waals surface area contributed by atoms with Crippen molar-refractivity contribution in [3.63, 3.8) is 0 Å². The van der Waals surface area contributed by atoms with Gasteiger partial charge < -0.3 is 9.84 Å². The number of nitrogens with zero attached hydrogens (tertiary/aromatic N) is 1. The molecule has 0 aromatic carbocycles. The molecule has 0 saturated carbocycles. The van der Waals surface area contributed by atoms with Gasteiger partial charge in [-0.2, -0.15) is 18.7 Å². The molecule has 0 radical (unpaired) electrons. The second kappa shape index (κ2) is 5.82. The van der Waals surface area contributed by atoms with E-state index in [1.807, 2.05) is 0 Å². The second-order valence-electron chi connectivity index (χ2n) is 1.82. The van der Waals surface area contributed by atoms with E-state index in [2.05, 4.69) is 22.9 Å². The molecule has 0 unspecified atom stereocenters. The summed E-state index contributed by atoms with van der Waals surface area (Å²) in [5.74, 6) is 0.221. The SMILES string of the molecule is [CH2-]Oc1[c-]c(CO)c(Cl)cn1.[U+2]. The minimum atomic E-state index is -0.183. The number of hydrogen-bond donors (Lipinski definition) is 1. The Kier molecular flexibility index (Phi) is 5.94. The van der Waals surface area contributed by atoms with Gasteiger partial charge in [0.15, 0.2) is 0 Å². The first-order chi connectivity index (χ1) is 5.27. The van der Waals surface area contributed by atoms with Crippen LogP contribution in [0.15, 0.2) is 6.20 Å². The monoisotopic (exact) mass is 409 g/mol. The van der Waals surface area contributed by atoms with Crippen LogP contribution in [0.5, 0.6) is 5.88 Å². The van der Waals surface area contributed by atoms with E-state index >= 15 is 0 Å². The standard InChI is InChI=1S/C7H6ClNO2.U/c1-11-7-2-5(4-10)6(8)3-9-7;/h3,10H,1,4H2;/q-2;+2. The van der Waals surface area contributed by atoms with Crippen LogP contribution in [0, 0.1) is 44.3 Å². The topological polar surface area (TPSA) is 42.4 Å². The fourth-order valence-electron chi connectivity index (χ4n) is 0.603. The molecule has 3 nitrogen and oxygen atoms in total. The van der Waals surface area contributed by atoms with E-state index in [9.17, 15) is 0 Å². The number of aliphatic hydroxyl groups excluding tert-OH is 1. The van der Waals surface area contributed by atoms with Crippen molar-refractivity contribution >= 4 is 11.6 Å². The van der Waals surface area contributed by atoms with E-state index < -0.39 is 0 Å². The summed E-state index contributed by atoms with van der Waals surface area (Å²) in [7, 11) is 3.14. The summed E-state index contributed by atoms with van der Waals surface area (Å²) in [6.07, 6.45) is 1.38. The summed E-state index contributed by atoms with van der Waals surface area (Å²) in [6.45, 7) is -0.183. The zero-order valence-electron chi connectivity index (χ0n) is 6.17. The average molecular weight is 410 g/mol. The molecule has 0 fully saturated rings. The van der Waals surface area contributed by atoms with Gasteiger partial charge in [-0.3, -0.25) is 4.98 Å². The summed E-state index contributed by atoms with van der Waals surface area (Å²) >= 11 is 5.62. The van der Waals surface area contributed by atoms with Crippen LogP contribution in [-0.4, -0.2) is 10.1 Å². The fraction of sp³-hybridized carbons (Fsp3) is 0.143. The van der Waals surface area contributed by atoms with Crippen molar-refractivity contribution in [2.45, 2.75) is 6.61 Å². The molecule has 0 bridgehead atoms. The number of aliphatic hydroxyl groups is 1. The van der Waals surface area contributed by atoms with E-state index in [0.717, 1.165) is 0 Å². The predicted molar refractivity (Wildman–Crippen MR) is 40.0 cm³/mol. The molecule has 5 heteroatoms. The number of aromatic nitrogens is 1. The van der Waals surface area contributed by atoms with Crippen molar-refractivity contribution in [2.75, 3.05) is 0 Å². The van der Waals surface area contributed by atoms with Crippen LogP contribution in [0.25, 0.3) is 0 Å². The van der Waals surface area contributed by atoms with Crippen LogP contribution in [0.4, 0.5) is 0 Å². The third kappa shape index (κ3) is 2.95. The van der Waals surface area contributed by atoms with Crippen molar-refractivity contribution in [1.82, 2.24) is 4.98 Å². The van der Waals surface area contributed by atoms with Crippen molar-refractivity contribution in [3.8, 4) is 5.88 Å². The van der Waals surface area contributed by atoms with Gasteiger partial charge in [-0.15, -0.1) is 0 Å². The first-order valence-electron chi connectivity index (χ1n) is 2.87. The maximum absolute atomic E-state index is 8.72. The molecular formula is C7H6ClNO2U. The average Bonchev–Trinajstić information content (AvgIpc) is 2.05. The number of halogens is 1. The Morgan fingerprint density at radius 3 is 2.92 bits per heavy atom. The van der Waals surface area contributed by atoms with E-state index in [-0.39, 0.29) is 43.6 Å². The van der Waals surface area contributed by atoms with Gasteiger partial charge in [0.25, 0.3) is 0 Å². The maximum atomic E-state index is 8.72. The number of pyridine rings is 1. The molecular weight excluding hydrogens is 404 g/mol. The molecule has 1 aromatic heterocycles. The van der Waals surface area contributed by atoms with Gasteiger partial charge in [0.05, 0.1) is 5.88 Å². The molecule has 1 aromatic rings. The normalized spacial score (nSPS) is 8.92. The Morgan fingerprint density at radius 2 is 2.42 bits per heavy atom. The molecule has 0 aliphatic rings. The summed E-state index contributed by atoms with van der Waals surface area (Å²) in [6, 6.07) is 2.63. The first-order valence-corrected chi connectivity index (χ1v) is 3.25. The van der Waals surface area contributed by atoms with E-state index in [1.54, 1.807) is 0 Å². The summed E-state index contributed by atoms with van der Waals surface area (Å²) in [5.41, 5.74) is 0.459. The van der Waals surface area contributed by atoms with Crippen molar-refractivity contribution in [1.29, 1.82) is 0 Å². The zero-order chi connectivity index (χ0) is 8.27. The summed E-state index contributed by atoms with van der Waals surface area (Å²) < 4.78 is 4.53. The first kappa shape index (κ1) is 12.3. The summed E-state index contributed by atoms with van der Waals surface area (Å²) in [5, 5.41) is 9.09. The molecule has 0 atom stereocenters. The largest absolute Gasteiger partial charge is 2.00 e. The molecule has 12 heavy (non-hydrogen) atoms. The van der Waals surface area contributed by atoms with E-state index in [1.165, 1.54) is 6.20 Å². The molecule has 1 heterocycles. The third-order valence-corrected chi connectivity index (χ3v) is 1.46. The molecule has 0 aliphatic carbocycles. The minimum absolute atomic E-state index is 0. The van der Waals surface area contributed by atoms with Gasteiger partial charge in [0.1, 0.15) is 0 Å². The van der Waals surface area contributed by atoms with Gasteiger partial charge in [-0.25, -0.2) is 11.6 Å². The third-order valence-electron chi connectivity index (χ3n) is 1.14. The van der Waals surface area contributed by atoms with Crippen LogP contribution in [-0.2, 0) is 6.61 Å². The predicted octanol–water partition coefficient (Wildman–Crippen LogP) is 1.20. The van der Waals surface area contributed by atoms with Crippen LogP contribution in [0.3, 0.4) is 0 Å². The van der Waals surface area contributed by atoms with Crippen LogP contribution in [0.2, 0.25) is 5.02 Å². The van der Waals surface area contributed by atoms with Gasteiger partial charge >= 0.3 is 31.1 Å². The fourth-order valence-corrected chi connectivity index (χ4v) is 0.758. The molecule has 0 spiro atoms. The Morgan fingerprint density at radius 1 is 1.75 bits per heavy atom. The van der Waals surface area contributed by atoms with Gasteiger partial charge in [-0.05, 0) is 6.20 Å². The number of hydrogen-bond acceptors (Lipinski definition) is 3. The Balaban J connectivity index is 0.00000121. The number of ether oxygens (including phenoxy) is 1. The quantitative estimate of drug-likeness (QED) is 0.747. The molecule has 0 amide bonds. The Hall–Kier alpha value is 0.252. The molecule has 1 N–H and O–H groups in total. The van der Waals surface area contributed by atoms with Crippen LogP contribution >= 0.6 is 11.6 Å². The number of rotatable bonds is 2. The zero-order valence-corrected chi connectivity index (χ0v) is 11.1. The Labute approximate surface area is 99.5 Å². The summed E-state index contributed by atoms with van der Waals surface area (Å²) in [4.78, 5) is 3.72. The molecule has 62 valence electrons. The minimum Gasteiger partial charge on any atom is -0.666 e. The van der Waals surface area contributed by atoms with Crippen molar-refractivity contribution < 1.29 is 41.0 Å². The second-order valence-corrected chi connectivity index (χ2v) is 2.22. The van der Waals surface area contributed by atoms with E-state index in [4.69, 9.17) is 16.7 Å². The van der Waals surface area contributed by atoms with Gasteiger partial charge in [-0.1, -0.05) is 5.02 Å². The van der Waals surface area contributed by atoms with Gasteiger partial charge in [0.2, 0.25) is 0 Å². The molecule has 0 aliphatic heterocycles. The Bertz CT molecular complexity index is 257. The van der Waals surface area contributed by atoms with Crippen LogP contribution in [0.1, 0.15) is 5.56 Å². The van der Waals surface area contributed by atoms with E-state index in [0.29, 0.717) is 10.6 Å². The smallest absolute Gasteiger partial charge is 0.666 e. The van der Waals surface area contributed by atoms with Crippen LogP contribution < -0.4 is 4.74 Å². The maximum Gasteiger partial charge on any atom is 2.00 e. The van der Waals surface area contributed by atoms with Gasteiger partial charge in [0, 0.05) is 6.61 Å². The van der Waals surface area contributed by atoms with Crippen molar-refractivity contribution in [3.05, 3.63) is 30.0 Å².